The zero-order valence-corrected chi connectivity index (χ0v) is 21.6. The van der Waals surface area contributed by atoms with Crippen molar-refractivity contribution in [2.45, 2.75) is 24.9 Å². The Balaban J connectivity index is 0.00000320. The van der Waals surface area contributed by atoms with Crippen molar-refractivity contribution in [2.75, 3.05) is 40.3 Å². The molecule has 1 aromatic heterocycles. The number of hydrogen-bond acceptors (Lipinski definition) is 5. The molecule has 1 aliphatic rings. The van der Waals surface area contributed by atoms with E-state index in [9.17, 15) is 8.42 Å². The molecule has 2 heterocycles. The van der Waals surface area contributed by atoms with Gasteiger partial charge in [0.25, 0.3) is 0 Å². The molecule has 0 spiro atoms. The first-order valence-corrected chi connectivity index (χ1v) is 11.9. The number of sulfonamides is 1. The number of nitrogens with zero attached hydrogens (tertiary/aromatic N) is 3. The first-order chi connectivity index (χ1) is 13.9. The average molecular weight is 564 g/mol. The van der Waals surface area contributed by atoms with Crippen molar-refractivity contribution in [1.29, 1.82) is 0 Å². The van der Waals surface area contributed by atoms with Crippen molar-refractivity contribution < 1.29 is 8.42 Å². The molecule has 10 heteroatoms. The van der Waals surface area contributed by atoms with E-state index in [2.05, 4.69) is 39.6 Å². The van der Waals surface area contributed by atoms with Crippen LogP contribution in [-0.4, -0.2) is 63.9 Å². The van der Waals surface area contributed by atoms with E-state index in [1.54, 1.807) is 34.8 Å². The van der Waals surface area contributed by atoms with Crippen LogP contribution < -0.4 is 10.6 Å². The summed E-state index contributed by atoms with van der Waals surface area (Å²) in [6, 6.07) is 11.4. The van der Waals surface area contributed by atoms with Crippen molar-refractivity contribution in [3.05, 3.63) is 51.7 Å². The molecule has 1 fully saturated rings. The number of nitrogens with one attached hydrogen (secondary N) is 2. The third-order valence-electron chi connectivity index (χ3n) is 4.95. The van der Waals surface area contributed by atoms with E-state index in [1.165, 1.54) is 9.75 Å². The average Bonchev–Trinajstić information content (AvgIpc) is 3.14. The minimum atomic E-state index is -3.52. The Labute approximate surface area is 200 Å². The van der Waals surface area contributed by atoms with Crippen molar-refractivity contribution >= 4 is 51.3 Å². The summed E-state index contributed by atoms with van der Waals surface area (Å²) in [7, 11) is 0.207. The molecule has 0 atom stereocenters. The quantitative estimate of drug-likeness (QED) is 0.321. The van der Waals surface area contributed by atoms with Gasteiger partial charge in [-0.2, -0.15) is 4.31 Å². The Morgan fingerprint density at radius 3 is 2.37 bits per heavy atom. The smallest absolute Gasteiger partial charge is 0.243 e. The van der Waals surface area contributed by atoms with Gasteiger partial charge in [-0.3, -0.25) is 4.99 Å². The second-order valence-corrected chi connectivity index (χ2v) is 10.4. The fraction of sp³-hybridized carbons (Fsp3) is 0.450. The van der Waals surface area contributed by atoms with Crippen LogP contribution in [0.1, 0.15) is 15.3 Å². The van der Waals surface area contributed by atoms with Gasteiger partial charge in [0.05, 0.1) is 11.4 Å². The summed E-state index contributed by atoms with van der Waals surface area (Å²) >= 11 is 1.74. The number of guanidine groups is 1. The normalized spacial score (nSPS) is 16.2. The van der Waals surface area contributed by atoms with E-state index in [0.717, 1.165) is 18.7 Å². The van der Waals surface area contributed by atoms with Gasteiger partial charge in [-0.1, -0.05) is 18.2 Å². The summed E-state index contributed by atoms with van der Waals surface area (Å²) in [5.41, 5.74) is 0.737. The Bertz CT molecular complexity index is 954. The van der Waals surface area contributed by atoms with Gasteiger partial charge in [-0.15, -0.1) is 35.3 Å². The predicted octanol–water partition coefficient (Wildman–Crippen LogP) is 2.48. The number of thiophene rings is 1. The van der Waals surface area contributed by atoms with Crippen LogP contribution >= 0.6 is 35.3 Å². The number of halogens is 1. The number of benzene rings is 1. The summed E-state index contributed by atoms with van der Waals surface area (Å²) in [5, 5.41) is 6.52. The number of aryl methyl sites for hydroxylation is 1. The second-order valence-electron chi connectivity index (χ2n) is 7.11. The van der Waals surface area contributed by atoms with Crippen molar-refractivity contribution in [3.8, 4) is 0 Å². The fourth-order valence-electron chi connectivity index (χ4n) is 3.22. The van der Waals surface area contributed by atoms with Crippen LogP contribution in [0.5, 0.6) is 0 Å². The van der Waals surface area contributed by atoms with Crippen LogP contribution in [0.25, 0.3) is 0 Å². The van der Waals surface area contributed by atoms with Gasteiger partial charge in [0.2, 0.25) is 10.0 Å². The van der Waals surface area contributed by atoms with Gasteiger partial charge in [0, 0.05) is 49.5 Å². The predicted molar refractivity (Wildman–Crippen MR) is 134 cm³/mol. The lowest BCUT2D eigenvalue weighted by Crippen LogP contribution is -2.47. The van der Waals surface area contributed by atoms with Gasteiger partial charge in [0.1, 0.15) is 0 Å². The molecule has 0 unspecified atom stereocenters. The molecule has 1 aliphatic heterocycles. The van der Waals surface area contributed by atoms with Gasteiger partial charge in [-0.05, 0) is 37.7 Å². The van der Waals surface area contributed by atoms with E-state index in [1.807, 2.05) is 19.2 Å². The molecule has 2 N–H and O–H groups in total. The Morgan fingerprint density at radius 1 is 1.07 bits per heavy atom. The van der Waals surface area contributed by atoms with Gasteiger partial charge >= 0.3 is 0 Å². The molecule has 7 nitrogen and oxygen atoms in total. The minimum absolute atomic E-state index is 0. The molecular formula is C20H30IN5O2S2. The number of hydrogen-bond donors (Lipinski definition) is 2. The number of aliphatic imine (C=N–C) groups is 1. The second kappa shape index (κ2) is 11.4. The lowest BCUT2D eigenvalue weighted by molar-refractivity contribution is 0.222. The molecule has 0 saturated carbocycles. The van der Waals surface area contributed by atoms with Crippen LogP contribution in [0.4, 0.5) is 0 Å². The topological polar surface area (TPSA) is 77.0 Å². The van der Waals surface area contributed by atoms with Crippen LogP contribution in [0.3, 0.4) is 0 Å². The number of piperazine rings is 1. The molecule has 2 aromatic rings. The maximum Gasteiger partial charge on any atom is 0.243 e. The molecule has 1 aromatic carbocycles. The molecule has 0 amide bonds. The van der Waals surface area contributed by atoms with Crippen LogP contribution in [0.2, 0.25) is 0 Å². The molecule has 166 valence electrons. The van der Waals surface area contributed by atoms with E-state index in [0.29, 0.717) is 37.0 Å². The highest BCUT2D eigenvalue weighted by atomic mass is 127. The fourth-order valence-corrected chi connectivity index (χ4v) is 5.69. The van der Waals surface area contributed by atoms with Gasteiger partial charge in [0.15, 0.2) is 5.96 Å². The van der Waals surface area contributed by atoms with E-state index in [-0.39, 0.29) is 24.0 Å². The molecule has 0 radical (unpaired) electrons. The molecular weight excluding hydrogens is 533 g/mol. The first kappa shape index (κ1) is 25.1. The van der Waals surface area contributed by atoms with Crippen LogP contribution in [0.15, 0.2) is 46.3 Å². The third kappa shape index (κ3) is 6.39. The zero-order chi connectivity index (χ0) is 20.9. The minimum Gasteiger partial charge on any atom is -0.352 e. The lowest BCUT2D eigenvalue weighted by atomic mass is 10.2. The molecule has 0 bridgehead atoms. The Kier molecular flexibility index (Phi) is 9.54. The molecule has 1 saturated heterocycles. The summed E-state index contributed by atoms with van der Waals surface area (Å²) in [5.74, 6) is 0.642. The zero-order valence-electron chi connectivity index (χ0n) is 17.6. The van der Waals surface area contributed by atoms with E-state index < -0.39 is 10.0 Å². The highest BCUT2D eigenvalue weighted by Gasteiger charge is 2.29. The highest BCUT2D eigenvalue weighted by molar-refractivity contribution is 14.0. The third-order valence-corrected chi connectivity index (χ3v) is 7.95. The van der Waals surface area contributed by atoms with E-state index >= 15 is 0 Å². The lowest BCUT2D eigenvalue weighted by Gasteiger charge is -2.32. The maximum absolute atomic E-state index is 13.2. The van der Waals surface area contributed by atoms with Gasteiger partial charge < -0.3 is 15.5 Å². The molecule has 30 heavy (non-hydrogen) atoms. The Hall–Kier alpha value is -1.21. The van der Waals surface area contributed by atoms with Crippen LogP contribution in [-0.2, 0) is 23.1 Å². The van der Waals surface area contributed by atoms with Crippen molar-refractivity contribution in [3.63, 3.8) is 0 Å². The van der Waals surface area contributed by atoms with Crippen molar-refractivity contribution in [2.24, 2.45) is 4.99 Å². The maximum atomic E-state index is 13.2. The monoisotopic (exact) mass is 563 g/mol. The SMILES string of the molecule is CN=C(NCc1ccc(C)s1)NCc1ccccc1S(=O)(=O)N1CCN(C)CC1.I. The van der Waals surface area contributed by atoms with E-state index in [4.69, 9.17) is 0 Å². The summed E-state index contributed by atoms with van der Waals surface area (Å²) < 4.78 is 27.9. The summed E-state index contributed by atoms with van der Waals surface area (Å²) in [6.45, 7) is 5.68. The first-order valence-electron chi connectivity index (χ1n) is 9.66. The Morgan fingerprint density at radius 2 is 1.73 bits per heavy atom. The molecule has 0 aliphatic carbocycles. The van der Waals surface area contributed by atoms with Gasteiger partial charge in [-0.25, -0.2) is 8.42 Å². The highest BCUT2D eigenvalue weighted by Crippen LogP contribution is 2.21. The summed E-state index contributed by atoms with van der Waals surface area (Å²) in [6.07, 6.45) is 0. The van der Waals surface area contributed by atoms with Crippen LogP contribution in [0, 0.1) is 6.92 Å². The number of rotatable bonds is 6. The summed E-state index contributed by atoms with van der Waals surface area (Å²) in [4.78, 5) is 9.25. The number of likely N-dealkylation sites (N-methyl/N-ethyl adjacent to an activating group) is 1. The largest absolute Gasteiger partial charge is 0.352 e. The molecule has 3 rings (SSSR count). The standard InChI is InChI=1S/C20H29N5O2S2.HI/c1-16-8-9-18(28-16)15-23-20(21-2)22-14-17-6-4-5-7-19(17)29(26,27)25-12-10-24(3)11-13-25;/h4-9H,10-15H2,1-3H3,(H2,21,22,23);1H. The van der Waals surface area contributed by atoms with Crippen molar-refractivity contribution in [1.82, 2.24) is 19.8 Å².